The predicted octanol–water partition coefficient (Wildman–Crippen LogP) is 1.96. The van der Waals surface area contributed by atoms with Gasteiger partial charge in [-0.05, 0) is 36.5 Å². The van der Waals surface area contributed by atoms with E-state index in [0.717, 1.165) is 24.6 Å². The summed E-state index contributed by atoms with van der Waals surface area (Å²) in [6.45, 7) is 3.05. The molecule has 1 saturated carbocycles. The lowest BCUT2D eigenvalue weighted by molar-refractivity contribution is 0.100. The number of nitrogens with one attached hydrogen (secondary N) is 1. The minimum atomic E-state index is -0.463. The lowest BCUT2D eigenvalue weighted by atomic mass is 10.1. The monoisotopic (exact) mass is 282 g/mol. The summed E-state index contributed by atoms with van der Waals surface area (Å²) in [6, 6.07) is 5.11. The lowest BCUT2D eigenvalue weighted by Gasteiger charge is -2.08. The Bertz CT molecular complexity index is 447. The van der Waals surface area contributed by atoms with Crippen LogP contribution in [0, 0.1) is 5.92 Å². The van der Waals surface area contributed by atoms with Crippen LogP contribution >= 0.6 is 11.6 Å². The van der Waals surface area contributed by atoms with E-state index in [1.54, 1.807) is 12.1 Å². The molecular weight excluding hydrogens is 264 g/mol. The molecule has 1 aromatic rings. The third-order valence-corrected chi connectivity index (χ3v) is 3.48. The van der Waals surface area contributed by atoms with Gasteiger partial charge in [0.2, 0.25) is 5.91 Å². The molecule has 1 aliphatic rings. The van der Waals surface area contributed by atoms with Gasteiger partial charge in [0.25, 0.3) is 0 Å². The van der Waals surface area contributed by atoms with E-state index in [0.29, 0.717) is 23.7 Å². The minimum absolute atomic E-state index is 0.432. The zero-order valence-electron chi connectivity index (χ0n) is 10.8. The molecule has 0 unspecified atom stereocenters. The van der Waals surface area contributed by atoms with E-state index in [4.69, 9.17) is 22.1 Å². The van der Waals surface area contributed by atoms with Crippen molar-refractivity contribution >= 4 is 17.5 Å². The zero-order valence-corrected chi connectivity index (χ0v) is 11.6. The second-order valence-corrected chi connectivity index (χ2v) is 5.27. The van der Waals surface area contributed by atoms with E-state index in [1.807, 2.05) is 6.07 Å². The summed E-state index contributed by atoms with van der Waals surface area (Å²) in [5.41, 5.74) is 6.57. The third-order valence-electron chi connectivity index (χ3n) is 3.13. The first-order chi connectivity index (χ1) is 9.16. The van der Waals surface area contributed by atoms with Gasteiger partial charge in [0, 0.05) is 30.3 Å². The maximum absolute atomic E-state index is 11.0. The average Bonchev–Trinajstić information content (AvgIpc) is 3.19. The van der Waals surface area contributed by atoms with Crippen molar-refractivity contribution in [2.45, 2.75) is 19.4 Å². The minimum Gasteiger partial charge on any atom is -0.380 e. The van der Waals surface area contributed by atoms with E-state index >= 15 is 0 Å². The van der Waals surface area contributed by atoms with E-state index in [9.17, 15) is 4.79 Å². The number of carbonyl (C=O) groups is 1. The lowest BCUT2D eigenvalue weighted by Crippen LogP contribution is -2.20. The van der Waals surface area contributed by atoms with Crippen LogP contribution in [0.25, 0.3) is 0 Å². The number of nitrogens with two attached hydrogens (primary N) is 1. The van der Waals surface area contributed by atoms with Crippen LogP contribution in [0.1, 0.15) is 28.8 Å². The summed E-state index contributed by atoms with van der Waals surface area (Å²) in [5, 5.41) is 3.82. The van der Waals surface area contributed by atoms with Gasteiger partial charge in [-0.3, -0.25) is 4.79 Å². The number of rotatable bonds is 8. The highest BCUT2D eigenvalue weighted by Crippen LogP contribution is 2.28. The van der Waals surface area contributed by atoms with Crippen LogP contribution in [-0.2, 0) is 11.3 Å². The van der Waals surface area contributed by atoms with Crippen LogP contribution in [0.2, 0.25) is 5.02 Å². The summed E-state index contributed by atoms with van der Waals surface area (Å²) in [5.74, 6) is 0.339. The molecule has 0 heterocycles. The van der Waals surface area contributed by atoms with Crippen molar-refractivity contribution in [3.05, 3.63) is 34.3 Å². The molecular formula is C14H19ClN2O2. The fourth-order valence-corrected chi connectivity index (χ4v) is 1.99. The number of hydrogen-bond donors (Lipinski definition) is 2. The zero-order chi connectivity index (χ0) is 13.7. The van der Waals surface area contributed by atoms with E-state index in [2.05, 4.69) is 5.32 Å². The molecule has 3 N–H and O–H groups in total. The van der Waals surface area contributed by atoms with Crippen LogP contribution in [-0.4, -0.2) is 25.7 Å². The summed E-state index contributed by atoms with van der Waals surface area (Å²) >= 11 is 6.08. The molecule has 0 saturated heterocycles. The van der Waals surface area contributed by atoms with Crippen LogP contribution < -0.4 is 11.1 Å². The van der Waals surface area contributed by atoms with Crippen LogP contribution in [0.4, 0.5) is 0 Å². The molecule has 1 aliphatic carbocycles. The summed E-state index contributed by atoms with van der Waals surface area (Å²) < 4.78 is 5.52. The Hall–Kier alpha value is -1.10. The maximum atomic E-state index is 11.0. The Morgan fingerprint density at radius 1 is 1.47 bits per heavy atom. The van der Waals surface area contributed by atoms with Crippen molar-refractivity contribution in [1.82, 2.24) is 5.32 Å². The number of ether oxygens (including phenoxy) is 1. The molecule has 104 valence electrons. The van der Waals surface area contributed by atoms with Gasteiger partial charge in [-0.25, -0.2) is 0 Å². The van der Waals surface area contributed by atoms with Crippen molar-refractivity contribution in [3.8, 4) is 0 Å². The van der Waals surface area contributed by atoms with Gasteiger partial charge in [-0.1, -0.05) is 17.7 Å². The standard InChI is InChI=1S/C14H19ClN2O2/c15-13-7-11(14(16)18)3-4-12(13)8-17-5-6-19-9-10-1-2-10/h3-4,7,10,17H,1-2,5-6,8-9H2,(H2,16,18). The van der Waals surface area contributed by atoms with Crippen molar-refractivity contribution in [2.24, 2.45) is 11.7 Å². The molecule has 5 heteroatoms. The second kappa shape index (κ2) is 6.89. The molecule has 0 radical (unpaired) electrons. The molecule has 0 bridgehead atoms. The second-order valence-electron chi connectivity index (χ2n) is 4.87. The molecule has 1 amide bonds. The van der Waals surface area contributed by atoms with Crippen LogP contribution in [0.15, 0.2) is 18.2 Å². The summed E-state index contributed by atoms with van der Waals surface area (Å²) in [6.07, 6.45) is 2.63. The smallest absolute Gasteiger partial charge is 0.248 e. The van der Waals surface area contributed by atoms with Crippen molar-refractivity contribution in [3.63, 3.8) is 0 Å². The van der Waals surface area contributed by atoms with E-state index in [1.165, 1.54) is 12.8 Å². The number of carbonyl (C=O) groups excluding carboxylic acids is 1. The fraction of sp³-hybridized carbons (Fsp3) is 0.500. The van der Waals surface area contributed by atoms with Crippen molar-refractivity contribution in [1.29, 1.82) is 0 Å². The molecule has 0 aromatic heterocycles. The molecule has 2 rings (SSSR count). The van der Waals surface area contributed by atoms with Gasteiger partial charge in [0.15, 0.2) is 0 Å². The number of benzene rings is 1. The molecule has 4 nitrogen and oxygen atoms in total. The van der Waals surface area contributed by atoms with Gasteiger partial charge in [0.05, 0.1) is 6.61 Å². The molecule has 0 atom stereocenters. The highest BCUT2D eigenvalue weighted by Gasteiger charge is 2.20. The summed E-state index contributed by atoms with van der Waals surface area (Å²) in [7, 11) is 0. The molecule has 1 aromatic carbocycles. The van der Waals surface area contributed by atoms with Gasteiger partial charge >= 0.3 is 0 Å². The average molecular weight is 283 g/mol. The fourth-order valence-electron chi connectivity index (χ4n) is 1.75. The van der Waals surface area contributed by atoms with Crippen LogP contribution in [0.5, 0.6) is 0 Å². The predicted molar refractivity (Wildman–Crippen MR) is 75.2 cm³/mol. The third kappa shape index (κ3) is 4.82. The number of halogens is 1. The normalized spacial score (nSPS) is 14.6. The van der Waals surface area contributed by atoms with Gasteiger partial charge in [-0.2, -0.15) is 0 Å². The quantitative estimate of drug-likeness (QED) is 0.717. The summed E-state index contributed by atoms with van der Waals surface area (Å²) in [4.78, 5) is 11.0. The first-order valence-electron chi connectivity index (χ1n) is 6.53. The van der Waals surface area contributed by atoms with Crippen LogP contribution in [0.3, 0.4) is 0 Å². The molecule has 0 spiro atoms. The largest absolute Gasteiger partial charge is 0.380 e. The van der Waals surface area contributed by atoms with Crippen molar-refractivity contribution < 1.29 is 9.53 Å². The molecule has 19 heavy (non-hydrogen) atoms. The topological polar surface area (TPSA) is 64.4 Å². The Morgan fingerprint density at radius 3 is 2.89 bits per heavy atom. The molecule has 1 fully saturated rings. The van der Waals surface area contributed by atoms with Gasteiger partial charge < -0.3 is 15.8 Å². The SMILES string of the molecule is NC(=O)c1ccc(CNCCOCC2CC2)c(Cl)c1. The van der Waals surface area contributed by atoms with E-state index < -0.39 is 5.91 Å². The number of amides is 1. The Labute approximate surface area is 118 Å². The highest BCUT2D eigenvalue weighted by atomic mass is 35.5. The Kier molecular flexibility index (Phi) is 5.19. The van der Waals surface area contributed by atoms with E-state index in [-0.39, 0.29) is 0 Å². The number of hydrogen-bond acceptors (Lipinski definition) is 3. The maximum Gasteiger partial charge on any atom is 0.248 e. The molecule has 0 aliphatic heterocycles. The number of primary amides is 1. The highest BCUT2D eigenvalue weighted by molar-refractivity contribution is 6.31. The van der Waals surface area contributed by atoms with Gasteiger partial charge in [0.1, 0.15) is 0 Å². The Morgan fingerprint density at radius 2 is 2.26 bits per heavy atom. The first-order valence-corrected chi connectivity index (χ1v) is 6.91. The van der Waals surface area contributed by atoms with Gasteiger partial charge in [-0.15, -0.1) is 0 Å². The van der Waals surface area contributed by atoms with Crippen molar-refractivity contribution in [2.75, 3.05) is 19.8 Å². The Balaban J connectivity index is 1.68. The first kappa shape index (κ1) is 14.3.